The Labute approximate surface area is 96.9 Å². The second-order valence-corrected chi connectivity index (χ2v) is 4.14. The molecule has 1 heterocycles. The molecule has 0 aromatic heterocycles. The highest BCUT2D eigenvalue weighted by Gasteiger charge is 2.28. The topological polar surface area (TPSA) is 59.6 Å². The fraction of sp³-hybridized carbons (Fsp3) is 0.909. The third kappa shape index (κ3) is 4.47. The molecular weight excluding hydrogens is 208 g/mol. The predicted octanol–water partition coefficient (Wildman–Crippen LogP) is -0.379. The van der Waals surface area contributed by atoms with E-state index in [4.69, 9.17) is 9.47 Å². The standard InChI is InChI=1S/C11H22N2O3/c1-9-7-12-8-10(9)11(14)13-3-4-16-6-5-15-2/h9-10,12H,3-8H2,1-2H3,(H,13,14)/t9-,10-/m1/s1. The lowest BCUT2D eigenvalue weighted by Gasteiger charge is -2.14. The molecular formula is C11H22N2O3. The minimum Gasteiger partial charge on any atom is -0.382 e. The highest BCUT2D eigenvalue weighted by Crippen LogP contribution is 2.15. The van der Waals surface area contributed by atoms with Gasteiger partial charge in [-0.25, -0.2) is 0 Å². The van der Waals surface area contributed by atoms with Crippen LogP contribution in [0.15, 0.2) is 0 Å². The van der Waals surface area contributed by atoms with Gasteiger partial charge < -0.3 is 20.1 Å². The van der Waals surface area contributed by atoms with Crippen LogP contribution in [0.3, 0.4) is 0 Å². The van der Waals surface area contributed by atoms with Crippen LogP contribution in [0.2, 0.25) is 0 Å². The Morgan fingerprint density at radius 1 is 1.38 bits per heavy atom. The van der Waals surface area contributed by atoms with E-state index in [-0.39, 0.29) is 11.8 Å². The molecule has 0 aliphatic carbocycles. The highest BCUT2D eigenvalue weighted by atomic mass is 16.5. The van der Waals surface area contributed by atoms with Crippen molar-refractivity contribution < 1.29 is 14.3 Å². The average molecular weight is 230 g/mol. The third-order valence-electron chi connectivity index (χ3n) is 2.83. The van der Waals surface area contributed by atoms with E-state index in [0.717, 1.165) is 13.1 Å². The van der Waals surface area contributed by atoms with E-state index >= 15 is 0 Å². The molecule has 5 nitrogen and oxygen atoms in total. The number of rotatable bonds is 7. The van der Waals surface area contributed by atoms with Gasteiger partial charge in [0.15, 0.2) is 0 Å². The first-order valence-corrected chi connectivity index (χ1v) is 5.80. The van der Waals surface area contributed by atoms with E-state index in [2.05, 4.69) is 17.6 Å². The zero-order valence-electron chi connectivity index (χ0n) is 10.1. The van der Waals surface area contributed by atoms with Crippen molar-refractivity contribution in [3.8, 4) is 0 Å². The molecule has 0 aromatic rings. The molecule has 0 saturated carbocycles. The number of hydrogen-bond acceptors (Lipinski definition) is 4. The van der Waals surface area contributed by atoms with E-state index < -0.39 is 0 Å². The van der Waals surface area contributed by atoms with E-state index in [1.165, 1.54) is 0 Å². The lowest BCUT2D eigenvalue weighted by atomic mass is 9.97. The Morgan fingerprint density at radius 3 is 2.81 bits per heavy atom. The maximum atomic E-state index is 11.7. The number of amides is 1. The molecule has 0 spiro atoms. The minimum atomic E-state index is 0.110. The van der Waals surface area contributed by atoms with Crippen LogP contribution in [0, 0.1) is 11.8 Å². The Hall–Kier alpha value is -0.650. The molecule has 2 N–H and O–H groups in total. The molecule has 0 unspecified atom stereocenters. The Morgan fingerprint density at radius 2 is 2.19 bits per heavy atom. The SMILES string of the molecule is COCCOCCNC(=O)[C@@H]1CNC[C@H]1C. The van der Waals surface area contributed by atoms with E-state index in [9.17, 15) is 4.79 Å². The number of nitrogens with one attached hydrogen (secondary N) is 2. The van der Waals surface area contributed by atoms with Gasteiger partial charge >= 0.3 is 0 Å². The molecule has 1 aliphatic heterocycles. The summed E-state index contributed by atoms with van der Waals surface area (Å²) in [6.45, 7) is 6.11. The first-order valence-electron chi connectivity index (χ1n) is 5.80. The van der Waals surface area contributed by atoms with Crippen molar-refractivity contribution in [2.24, 2.45) is 11.8 Å². The number of carbonyl (C=O) groups is 1. The van der Waals surface area contributed by atoms with Crippen LogP contribution < -0.4 is 10.6 Å². The van der Waals surface area contributed by atoms with Crippen molar-refractivity contribution in [1.29, 1.82) is 0 Å². The summed E-state index contributed by atoms with van der Waals surface area (Å²) < 4.78 is 10.1. The van der Waals surface area contributed by atoms with Gasteiger partial charge in [-0.3, -0.25) is 4.79 Å². The number of carbonyl (C=O) groups excluding carboxylic acids is 1. The van der Waals surface area contributed by atoms with Crippen molar-refractivity contribution in [2.75, 3.05) is 46.6 Å². The fourth-order valence-corrected chi connectivity index (χ4v) is 1.78. The number of methoxy groups -OCH3 is 1. The van der Waals surface area contributed by atoms with Gasteiger partial charge in [0.2, 0.25) is 5.91 Å². The fourth-order valence-electron chi connectivity index (χ4n) is 1.78. The van der Waals surface area contributed by atoms with Crippen LogP contribution in [-0.4, -0.2) is 52.5 Å². The van der Waals surface area contributed by atoms with Crippen LogP contribution in [0.5, 0.6) is 0 Å². The maximum absolute atomic E-state index is 11.7. The summed E-state index contributed by atoms with van der Waals surface area (Å²) in [5.74, 6) is 0.668. The summed E-state index contributed by atoms with van der Waals surface area (Å²) in [6.07, 6.45) is 0. The van der Waals surface area contributed by atoms with Gasteiger partial charge in [0.1, 0.15) is 0 Å². The minimum absolute atomic E-state index is 0.110. The molecule has 0 aromatic carbocycles. The predicted molar refractivity (Wildman–Crippen MR) is 61.2 cm³/mol. The second kappa shape index (κ2) is 7.60. The lowest BCUT2D eigenvalue weighted by Crippen LogP contribution is -2.36. The Balaban J connectivity index is 2.02. The van der Waals surface area contributed by atoms with E-state index in [1.807, 2.05) is 0 Å². The van der Waals surface area contributed by atoms with Crippen LogP contribution in [0.4, 0.5) is 0 Å². The first-order chi connectivity index (χ1) is 7.75. The lowest BCUT2D eigenvalue weighted by molar-refractivity contribution is -0.125. The largest absolute Gasteiger partial charge is 0.382 e. The normalized spacial score (nSPS) is 24.6. The molecule has 0 radical (unpaired) electrons. The Bertz CT molecular complexity index is 211. The summed E-state index contributed by atoms with van der Waals surface area (Å²) in [5.41, 5.74) is 0. The summed E-state index contributed by atoms with van der Waals surface area (Å²) in [4.78, 5) is 11.7. The monoisotopic (exact) mass is 230 g/mol. The summed E-state index contributed by atoms with van der Waals surface area (Å²) in [7, 11) is 1.64. The molecule has 1 fully saturated rings. The molecule has 1 saturated heterocycles. The van der Waals surface area contributed by atoms with Crippen LogP contribution in [-0.2, 0) is 14.3 Å². The molecule has 94 valence electrons. The zero-order valence-corrected chi connectivity index (χ0v) is 10.1. The average Bonchev–Trinajstić information content (AvgIpc) is 2.69. The molecule has 0 bridgehead atoms. The maximum Gasteiger partial charge on any atom is 0.224 e. The van der Waals surface area contributed by atoms with Crippen molar-refractivity contribution in [3.63, 3.8) is 0 Å². The molecule has 1 amide bonds. The zero-order chi connectivity index (χ0) is 11.8. The van der Waals surface area contributed by atoms with Crippen molar-refractivity contribution >= 4 is 5.91 Å². The Kier molecular flexibility index (Phi) is 6.37. The molecule has 1 rings (SSSR count). The summed E-state index contributed by atoms with van der Waals surface area (Å²) in [5, 5.41) is 6.10. The van der Waals surface area contributed by atoms with Gasteiger partial charge in [0, 0.05) is 20.2 Å². The van der Waals surface area contributed by atoms with Crippen molar-refractivity contribution in [1.82, 2.24) is 10.6 Å². The van der Waals surface area contributed by atoms with Gasteiger partial charge in [-0.05, 0) is 12.5 Å². The van der Waals surface area contributed by atoms with Crippen LogP contribution >= 0.6 is 0 Å². The molecule has 16 heavy (non-hydrogen) atoms. The molecule has 5 heteroatoms. The third-order valence-corrected chi connectivity index (χ3v) is 2.83. The number of ether oxygens (including phenoxy) is 2. The smallest absolute Gasteiger partial charge is 0.224 e. The van der Waals surface area contributed by atoms with Gasteiger partial charge in [0.05, 0.1) is 25.7 Å². The van der Waals surface area contributed by atoms with Crippen LogP contribution in [0.1, 0.15) is 6.92 Å². The van der Waals surface area contributed by atoms with Gasteiger partial charge in [-0.2, -0.15) is 0 Å². The van der Waals surface area contributed by atoms with Crippen molar-refractivity contribution in [2.45, 2.75) is 6.92 Å². The van der Waals surface area contributed by atoms with E-state index in [1.54, 1.807) is 7.11 Å². The number of hydrogen-bond donors (Lipinski definition) is 2. The van der Waals surface area contributed by atoms with Crippen molar-refractivity contribution in [3.05, 3.63) is 0 Å². The molecule has 2 atom stereocenters. The second-order valence-electron chi connectivity index (χ2n) is 4.14. The highest BCUT2D eigenvalue weighted by molar-refractivity contribution is 5.79. The summed E-state index contributed by atoms with van der Waals surface area (Å²) in [6, 6.07) is 0. The van der Waals surface area contributed by atoms with Gasteiger partial charge in [-0.1, -0.05) is 6.92 Å². The first kappa shape index (κ1) is 13.4. The molecule has 1 aliphatic rings. The van der Waals surface area contributed by atoms with Crippen LogP contribution in [0.25, 0.3) is 0 Å². The van der Waals surface area contributed by atoms with Gasteiger partial charge in [0.25, 0.3) is 0 Å². The van der Waals surface area contributed by atoms with Gasteiger partial charge in [-0.15, -0.1) is 0 Å². The summed E-state index contributed by atoms with van der Waals surface area (Å²) >= 11 is 0. The van der Waals surface area contributed by atoms with E-state index in [0.29, 0.717) is 32.3 Å². The quantitative estimate of drug-likeness (QED) is 0.585.